The van der Waals surface area contributed by atoms with Crippen LogP contribution in [0.3, 0.4) is 0 Å². The van der Waals surface area contributed by atoms with Gasteiger partial charge in [0, 0.05) is 13.1 Å². The predicted molar refractivity (Wildman–Crippen MR) is 147 cm³/mol. The fourth-order valence-corrected chi connectivity index (χ4v) is 4.13. The van der Waals surface area contributed by atoms with Crippen LogP contribution < -0.4 is 10.6 Å². The van der Waals surface area contributed by atoms with Gasteiger partial charge in [0.05, 0.1) is 0 Å². The van der Waals surface area contributed by atoms with Gasteiger partial charge in [-0.25, -0.2) is 4.79 Å². The lowest BCUT2D eigenvalue weighted by Crippen LogP contribution is -2.53. The fraction of sp³-hybridized carbons (Fsp3) is 0.393. The molecule has 0 aliphatic heterocycles. The average Bonchev–Trinajstić information content (AvgIpc) is 2.84. The normalized spacial score (nSPS) is 12.6. The van der Waals surface area contributed by atoms with Crippen LogP contribution >= 0.6 is 11.8 Å². The SMILES string of the molecule is C=CCN(C(=O)C(CCSC)NC(=O)OC(C)(C)C)C(C(=O)NCc1ccccc1)c1cccc(O)c1. The van der Waals surface area contributed by atoms with Gasteiger partial charge < -0.3 is 25.4 Å². The van der Waals surface area contributed by atoms with Crippen molar-refractivity contribution in [3.05, 3.63) is 78.4 Å². The van der Waals surface area contributed by atoms with E-state index in [-0.39, 0.29) is 18.8 Å². The maximum Gasteiger partial charge on any atom is 0.408 e. The van der Waals surface area contributed by atoms with Gasteiger partial charge in [0.25, 0.3) is 0 Å². The van der Waals surface area contributed by atoms with Gasteiger partial charge in [-0.2, -0.15) is 11.8 Å². The number of aromatic hydroxyl groups is 1. The molecule has 8 nitrogen and oxygen atoms in total. The molecule has 0 fully saturated rings. The van der Waals surface area contributed by atoms with E-state index in [1.165, 1.54) is 34.9 Å². The van der Waals surface area contributed by atoms with Crippen LogP contribution in [-0.4, -0.2) is 58.1 Å². The van der Waals surface area contributed by atoms with E-state index in [0.29, 0.717) is 17.7 Å². The van der Waals surface area contributed by atoms with Crippen LogP contribution in [-0.2, 0) is 20.9 Å². The number of amides is 3. The number of carbonyl (C=O) groups excluding carboxylic acids is 3. The summed E-state index contributed by atoms with van der Waals surface area (Å²) in [7, 11) is 0. The van der Waals surface area contributed by atoms with Crippen LogP contribution in [0.2, 0.25) is 0 Å². The molecule has 3 amide bonds. The lowest BCUT2D eigenvalue weighted by molar-refractivity contribution is -0.142. The molecular formula is C28H37N3O5S. The largest absolute Gasteiger partial charge is 0.508 e. The number of thioether (sulfide) groups is 1. The second kappa shape index (κ2) is 14.3. The van der Waals surface area contributed by atoms with E-state index in [4.69, 9.17) is 4.74 Å². The maximum absolute atomic E-state index is 13.9. The molecule has 2 atom stereocenters. The number of alkyl carbamates (subject to hydrolysis) is 1. The highest BCUT2D eigenvalue weighted by Gasteiger charge is 2.35. The number of hydrogen-bond acceptors (Lipinski definition) is 6. The zero-order valence-electron chi connectivity index (χ0n) is 21.9. The van der Waals surface area contributed by atoms with Crippen molar-refractivity contribution in [1.29, 1.82) is 0 Å². The first-order chi connectivity index (χ1) is 17.6. The zero-order valence-corrected chi connectivity index (χ0v) is 22.7. The number of phenolic OH excluding ortho intramolecular Hbond substituents is 1. The van der Waals surface area contributed by atoms with Crippen molar-refractivity contribution in [2.24, 2.45) is 0 Å². The Morgan fingerprint density at radius 1 is 1.14 bits per heavy atom. The molecule has 0 radical (unpaired) electrons. The Bertz CT molecular complexity index is 1060. The van der Waals surface area contributed by atoms with Gasteiger partial charge in [-0.1, -0.05) is 48.5 Å². The molecule has 0 saturated carbocycles. The van der Waals surface area contributed by atoms with Gasteiger partial charge in [0.2, 0.25) is 11.8 Å². The first-order valence-electron chi connectivity index (χ1n) is 12.1. The monoisotopic (exact) mass is 527 g/mol. The summed E-state index contributed by atoms with van der Waals surface area (Å²) in [6.07, 6.45) is 3.05. The van der Waals surface area contributed by atoms with Gasteiger partial charge in [-0.05, 0) is 62.5 Å². The molecule has 2 unspecified atom stereocenters. The van der Waals surface area contributed by atoms with E-state index in [2.05, 4.69) is 17.2 Å². The molecule has 0 aromatic heterocycles. The standard InChI is InChI=1S/C28H37N3O5S/c1-6-16-31(26(34)23(15-17-37-5)30-27(35)36-28(2,3)4)24(21-13-10-14-22(32)18-21)25(33)29-19-20-11-8-7-9-12-20/h6-14,18,23-24,32H,1,15-17,19H2,2-5H3,(H,29,33)(H,30,35). The molecule has 0 saturated heterocycles. The number of phenols is 1. The molecule has 37 heavy (non-hydrogen) atoms. The number of benzene rings is 2. The van der Waals surface area contributed by atoms with Crippen molar-refractivity contribution in [3.8, 4) is 5.75 Å². The molecule has 3 N–H and O–H groups in total. The van der Waals surface area contributed by atoms with E-state index in [1.807, 2.05) is 36.6 Å². The Balaban J connectivity index is 2.41. The Labute approximate surface area is 223 Å². The van der Waals surface area contributed by atoms with Crippen LogP contribution in [0.15, 0.2) is 67.3 Å². The van der Waals surface area contributed by atoms with Crippen molar-refractivity contribution < 1.29 is 24.2 Å². The lowest BCUT2D eigenvalue weighted by Gasteiger charge is -2.34. The third kappa shape index (κ3) is 9.84. The van der Waals surface area contributed by atoms with Crippen LogP contribution in [0, 0.1) is 0 Å². The Hall–Kier alpha value is -3.46. The summed E-state index contributed by atoms with van der Waals surface area (Å²) in [4.78, 5) is 41.4. The minimum Gasteiger partial charge on any atom is -0.508 e. The molecule has 0 aliphatic rings. The minimum absolute atomic E-state index is 0.0322. The van der Waals surface area contributed by atoms with Gasteiger partial charge in [-0.3, -0.25) is 9.59 Å². The Morgan fingerprint density at radius 3 is 2.43 bits per heavy atom. The molecule has 200 valence electrons. The molecule has 2 aromatic rings. The van der Waals surface area contributed by atoms with Crippen LogP contribution in [0.1, 0.15) is 44.4 Å². The van der Waals surface area contributed by atoms with Crippen LogP contribution in [0.4, 0.5) is 4.79 Å². The molecule has 0 aliphatic carbocycles. The zero-order chi connectivity index (χ0) is 27.4. The molecule has 2 rings (SSSR count). The summed E-state index contributed by atoms with van der Waals surface area (Å²) >= 11 is 1.54. The molecule has 0 bridgehead atoms. The van der Waals surface area contributed by atoms with E-state index in [0.717, 1.165) is 5.56 Å². The molecular weight excluding hydrogens is 490 g/mol. The second-order valence-electron chi connectivity index (χ2n) is 9.46. The Morgan fingerprint density at radius 2 is 1.84 bits per heavy atom. The predicted octanol–water partition coefficient (Wildman–Crippen LogP) is 4.41. The summed E-state index contributed by atoms with van der Waals surface area (Å²) in [6, 6.07) is 13.7. The number of rotatable bonds is 12. The minimum atomic E-state index is -1.07. The van der Waals surface area contributed by atoms with Gasteiger partial charge >= 0.3 is 6.09 Å². The number of nitrogens with zero attached hydrogens (tertiary/aromatic N) is 1. The van der Waals surface area contributed by atoms with Crippen molar-refractivity contribution in [2.45, 2.75) is 51.4 Å². The first kappa shape index (κ1) is 29.8. The third-order valence-corrected chi connectivity index (χ3v) is 5.91. The van der Waals surface area contributed by atoms with Gasteiger partial charge in [0.1, 0.15) is 23.4 Å². The molecule has 2 aromatic carbocycles. The van der Waals surface area contributed by atoms with Crippen molar-refractivity contribution >= 4 is 29.7 Å². The Kier molecular flexibility index (Phi) is 11.5. The van der Waals surface area contributed by atoms with Crippen molar-refractivity contribution in [1.82, 2.24) is 15.5 Å². The fourth-order valence-electron chi connectivity index (χ4n) is 3.65. The summed E-state index contributed by atoms with van der Waals surface area (Å²) in [5.41, 5.74) is 0.595. The summed E-state index contributed by atoms with van der Waals surface area (Å²) in [5.74, 6) is -0.311. The lowest BCUT2D eigenvalue weighted by atomic mass is 10.0. The highest BCUT2D eigenvalue weighted by Crippen LogP contribution is 2.26. The number of hydrogen-bond donors (Lipinski definition) is 3. The van der Waals surface area contributed by atoms with E-state index in [9.17, 15) is 19.5 Å². The molecule has 0 spiro atoms. The van der Waals surface area contributed by atoms with Gasteiger partial charge in [0.15, 0.2) is 0 Å². The van der Waals surface area contributed by atoms with Crippen molar-refractivity contribution in [2.75, 3.05) is 18.6 Å². The average molecular weight is 528 g/mol. The maximum atomic E-state index is 13.9. The van der Waals surface area contributed by atoms with Gasteiger partial charge in [-0.15, -0.1) is 6.58 Å². The van der Waals surface area contributed by atoms with Crippen molar-refractivity contribution in [3.63, 3.8) is 0 Å². The third-order valence-electron chi connectivity index (χ3n) is 5.26. The quantitative estimate of drug-likeness (QED) is 0.353. The number of nitrogens with one attached hydrogen (secondary N) is 2. The topological polar surface area (TPSA) is 108 Å². The number of ether oxygens (including phenoxy) is 1. The summed E-state index contributed by atoms with van der Waals surface area (Å²) in [6.45, 7) is 9.30. The molecule has 0 heterocycles. The summed E-state index contributed by atoms with van der Waals surface area (Å²) in [5, 5.41) is 15.7. The second-order valence-corrected chi connectivity index (χ2v) is 10.4. The van der Waals surface area contributed by atoms with E-state index >= 15 is 0 Å². The highest BCUT2D eigenvalue weighted by molar-refractivity contribution is 7.98. The highest BCUT2D eigenvalue weighted by atomic mass is 32.2. The summed E-state index contributed by atoms with van der Waals surface area (Å²) < 4.78 is 5.37. The number of carbonyl (C=O) groups is 3. The molecule has 9 heteroatoms. The smallest absolute Gasteiger partial charge is 0.408 e. The van der Waals surface area contributed by atoms with E-state index in [1.54, 1.807) is 32.9 Å². The van der Waals surface area contributed by atoms with E-state index < -0.39 is 35.6 Å². The van der Waals surface area contributed by atoms with Crippen LogP contribution in [0.25, 0.3) is 0 Å². The van der Waals surface area contributed by atoms with Crippen LogP contribution in [0.5, 0.6) is 5.75 Å². The first-order valence-corrected chi connectivity index (χ1v) is 13.5.